The summed E-state index contributed by atoms with van der Waals surface area (Å²) in [5.74, 6) is -1.68. The van der Waals surface area contributed by atoms with E-state index in [2.05, 4.69) is 15.0 Å². The van der Waals surface area contributed by atoms with E-state index in [1.165, 1.54) is 6.20 Å². The SMILES string of the molecule is Nc1cnc(C(=O)N2CCCC2)c(Cl)c1.O=C(O)c1ncc([N+](=O)[O-])cc1Cl.O=C(c1ncc([N+](=O)[O-])cc1Cl)N1CCCC1. The van der Waals surface area contributed by atoms with Gasteiger partial charge in [0.1, 0.15) is 23.8 Å². The number of amides is 2. The minimum absolute atomic E-state index is 0.0242. The fraction of sp³-hybridized carbons (Fsp3) is 0.308. The number of rotatable bonds is 5. The molecule has 0 aliphatic carbocycles. The van der Waals surface area contributed by atoms with Gasteiger partial charge >= 0.3 is 5.97 Å². The van der Waals surface area contributed by atoms with E-state index in [1.54, 1.807) is 15.9 Å². The zero-order valence-corrected chi connectivity index (χ0v) is 25.5. The van der Waals surface area contributed by atoms with E-state index in [0.717, 1.165) is 63.3 Å². The van der Waals surface area contributed by atoms with Crippen molar-refractivity contribution in [3.8, 4) is 0 Å². The third-order valence-electron chi connectivity index (χ3n) is 6.33. The van der Waals surface area contributed by atoms with E-state index in [1.807, 2.05) is 0 Å². The van der Waals surface area contributed by atoms with Crippen LogP contribution >= 0.6 is 34.8 Å². The number of hydrogen-bond acceptors (Lipinski definition) is 11. The topological polar surface area (TPSA) is 229 Å². The number of likely N-dealkylation sites (tertiary alicyclic amines) is 2. The molecular weight excluding hydrogens is 659 g/mol. The number of carboxylic acid groups (broad SMARTS) is 1. The molecule has 238 valence electrons. The van der Waals surface area contributed by atoms with Gasteiger partial charge in [-0.1, -0.05) is 34.8 Å². The molecule has 0 saturated carbocycles. The number of carbonyl (C=O) groups excluding carboxylic acids is 2. The minimum Gasteiger partial charge on any atom is -0.476 e. The second kappa shape index (κ2) is 15.9. The lowest BCUT2D eigenvalue weighted by molar-refractivity contribution is -0.385. The lowest BCUT2D eigenvalue weighted by Gasteiger charge is -2.15. The van der Waals surface area contributed by atoms with Crippen LogP contribution in [0.25, 0.3) is 0 Å². The van der Waals surface area contributed by atoms with Gasteiger partial charge in [-0.05, 0) is 31.7 Å². The van der Waals surface area contributed by atoms with Crippen molar-refractivity contribution in [1.29, 1.82) is 0 Å². The summed E-state index contributed by atoms with van der Waals surface area (Å²) >= 11 is 17.2. The predicted molar refractivity (Wildman–Crippen MR) is 163 cm³/mol. The Bertz CT molecular complexity index is 1620. The summed E-state index contributed by atoms with van der Waals surface area (Å²) in [5.41, 5.74) is 5.41. The summed E-state index contributed by atoms with van der Waals surface area (Å²) < 4.78 is 0. The van der Waals surface area contributed by atoms with Crippen LogP contribution < -0.4 is 5.73 Å². The summed E-state index contributed by atoms with van der Waals surface area (Å²) in [6, 6.07) is 3.65. The molecule has 5 rings (SSSR count). The largest absolute Gasteiger partial charge is 0.476 e. The van der Waals surface area contributed by atoms with Crippen molar-refractivity contribution in [2.24, 2.45) is 0 Å². The first-order valence-electron chi connectivity index (χ1n) is 13.1. The lowest BCUT2D eigenvalue weighted by Crippen LogP contribution is -2.28. The number of aromatic carboxylic acids is 1. The van der Waals surface area contributed by atoms with Crippen molar-refractivity contribution in [3.05, 3.63) is 89.2 Å². The normalized spacial score (nSPS) is 13.7. The quantitative estimate of drug-likeness (QED) is 0.274. The Morgan fingerprint density at radius 3 is 1.38 bits per heavy atom. The fourth-order valence-electron chi connectivity index (χ4n) is 4.12. The molecule has 2 aliphatic rings. The monoisotopic (exact) mass is 682 g/mol. The summed E-state index contributed by atoms with van der Waals surface area (Å²) in [4.78, 5) is 68.2. The molecule has 0 bridgehead atoms. The van der Waals surface area contributed by atoms with Crippen LogP contribution in [0.3, 0.4) is 0 Å². The van der Waals surface area contributed by atoms with Crippen LogP contribution in [0.2, 0.25) is 15.1 Å². The molecule has 0 unspecified atom stereocenters. The molecule has 3 N–H and O–H groups in total. The number of halogens is 3. The molecule has 45 heavy (non-hydrogen) atoms. The van der Waals surface area contributed by atoms with Gasteiger partial charge in [-0.3, -0.25) is 29.8 Å². The average Bonchev–Trinajstić information content (AvgIpc) is 3.72. The first-order chi connectivity index (χ1) is 21.3. The van der Waals surface area contributed by atoms with Gasteiger partial charge in [-0.25, -0.2) is 19.7 Å². The second-order valence-corrected chi connectivity index (χ2v) is 10.7. The number of carboxylic acids is 1. The Morgan fingerprint density at radius 1 is 0.689 bits per heavy atom. The van der Waals surface area contributed by atoms with E-state index in [9.17, 15) is 34.6 Å². The summed E-state index contributed by atoms with van der Waals surface area (Å²) in [6.45, 7) is 2.96. The van der Waals surface area contributed by atoms with Crippen LogP contribution in [-0.4, -0.2) is 83.7 Å². The third-order valence-corrected chi connectivity index (χ3v) is 7.20. The Labute approximate surface area is 270 Å². The number of pyridine rings is 3. The number of carbonyl (C=O) groups is 3. The van der Waals surface area contributed by atoms with Crippen LogP contribution in [0.4, 0.5) is 17.1 Å². The van der Waals surface area contributed by atoms with Gasteiger partial charge in [0.25, 0.3) is 23.2 Å². The van der Waals surface area contributed by atoms with Crippen molar-refractivity contribution >= 4 is 69.6 Å². The number of anilines is 1. The van der Waals surface area contributed by atoms with Gasteiger partial charge in [-0.2, -0.15) is 0 Å². The molecule has 3 aromatic rings. The zero-order valence-electron chi connectivity index (χ0n) is 23.3. The van der Waals surface area contributed by atoms with Gasteiger partial charge in [0.05, 0.1) is 36.8 Å². The molecule has 3 aromatic heterocycles. The van der Waals surface area contributed by atoms with Crippen LogP contribution in [0.5, 0.6) is 0 Å². The Hall–Kier alpha value is -4.67. The van der Waals surface area contributed by atoms with Gasteiger partial charge in [0.15, 0.2) is 5.69 Å². The molecule has 2 aliphatic heterocycles. The maximum Gasteiger partial charge on any atom is 0.356 e. The Kier molecular flexibility index (Phi) is 12.3. The minimum atomic E-state index is -1.32. The van der Waals surface area contributed by atoms with Crippen LogP contribution in [0, 0.1) is 20.2 Å². The molecule has 19 heteroatoms. The highest BCUT2D eigenvalue weighted by Crippen LogP contribution is 2.23. The van der Waals surface area contributed by atoms with Gasteiger partial charge in [-0.15, -0.1) is 0 Å². The Balaban J connectivity index is 0.000000186. The molecular formula is C26H25Cl3N8O8. The van der Waals surface area contributed by atoms with E-state index in [0.29, 0.717) is 29.5 Å². The second-order valence-electron chi connectivity index (χ2n) is 9.46. The van der Waals surface area contributed by atoms with E-state index >= 15 is 0 Å². The number of nitro groups is 2. The fourth-order valence-corrected chi connectivity index (χ4v) is 4.86. The number of nitrogens with zero attached hydrogens (tertiary/aromatic N) is 7. The molecule has 2 amide bonds. The van der Waals surface area contributed by atoms with Crippen LogP contribution in [-0.2, 0) is 0 Å². The van der Waals surface area contributed by atoms with E-state index < -0.39 is 21.5 Å². The van der Waals surface area contributed by atoms with E-state index in [-0.39, 0.29) is 38.9 Å². The molecule has 16 nitrogen and oxygen atoms in total. The molecule has 0 spiro atoms. The molecule has 0 radical (unpaired) electrons. The number of aromatic nitrogens is 3. The highest BCUT2D eigenvalue weighted by atomic mass is 35.5. The van der Waals surface area contributed by atoms with E-state index in [4.69, 9.17) is 45.6 Å². The van der Waals surface area contributed by atoms with Gasteiger partial charge in [0.2, 0.25) is 0 Å². The van der Waals surface area contributed by atoms with Crippen molar-refractivity contribution in [2.45, 2.75) is 25.7 Å². The van der Waals surface area contributed by atoms with Crippen molar-refractivity contribution in [1.82, 2.24) is 24.8 Å². The standard InChI is InChI=1S/C10H10ClN3O3.C10H12ClN3O.C6H3ClN2O4/c11-8-5-7(14(16)17)6-12-9(8)10(15)13-3-1-2-4-13;11-8-5-7(12)6-13-9(8)10(15)14-3-1-2-4-14;7-4-1-3(9(12)13)2-8-5(4)6(10)11/h5-6H,1-4H2;5-6H,1-4,12H2;1-2H,(H,10,11). The molecule has 5 heterocycles. The summed E-state index contributed by atoms with van der Waals surface area (Å²) in [7, 11) is 0. The zero-order chi connectivity index (χ0) is 33.3. The maximum absolute atomic E-state index is 12.0. The smallest absolute Gasteiger partial charge is 0.356 e. The summed E-state index contributed by atoms with van der Waals surface area (Å²) in [5, 5.41) is 29.3. The van der Waals surface area contributed by atoms with Crippen molar-refractivity contribution < 1.29 is 29.3 Å². The third kappa shape index (κ3) is 9.41. The first kappa shape index (κ1) is 34.8. The molecule has 2 fully saturated rings. The average molecular weight is 684 g/mol. The lowest BCUT2D eigenvalue weighted by atomic mass is 10.3. The van der Waals surface area contributed by atoms with Gasteiger partial charge < -0.3 is 20.6 Å². The first-order valence-corrected chi connectivity index (χ1v) is 14.3. The molecule has 0 atom stereocenters. The number of hydrogen-bond donors (Lipinski definition) is 2. The predicted octanol–water partition coefficient (Wildman–Crippen LogP) is 4.77. The van der Waals surface area contributed by atoms with Crippen LogP contribution in [0.1, 0.15) is 57.1 Å². The maximum atomic E-state index is 12.0. The van der Waals surface area contributed by atoms with Gasteiger partial charge in [0, 0.05) is 38.3 Å². The molecule has 2 saturated heterocycles. The number of nitrogens with two attached hydrogens (primary N) is 1. The molecule has 0 aromatic carbocycles. The van der Waals surface area contributed by atoms with Crippen LogP contribution in [0.15, 0.2) is 36.8 Å². The Morgan fingerprint density at radius 2 is 1.04 bits per heavy atom. The summed E-state index contributed by atoms with van der Waals surface area (Å²) in [6.07, 6.45) is 7.39. The number of nitrogen functional groups attached to an aromatic ring is 1. The highest BCUT2D eigenvalue weighted by Gasteiger charge is 2.25. The van der Waals surface area contributed by atoms with Crippen molar-refractivity contribution in [2.75, 3.05) is 31.9 Å². The van der Waals surface area contributed by atoms with Crippen molar-refractivity contribution in [3.63, 3.8) is 0 Å². The highest BCUT2D eigenvalue weighted by molar-refractivity contribution is 6.34.